The minimum Gasteiger partial charge on any atom is -0.407 e. The van der Waals surface area contributed by atoms with E-state index in [9.17, 15) is 0 Å². The molecule has 0 bridgehead atoms. The van der Waals surface area contributed by atoms with E-state index in [1.807, 2.05) is 24.3 Å². The molecule has 1 nitrogen and oxygen atoms in total. The van der Waals surface area contributed by atoms with E-state index < -0.39 is 0 Å². The number of benzene rings is 2. The zero-order valence-electron chi connectivity index (χ0n) is 12.1. The smallest absolute Gasteiger partial charge is 0.140 e. The largest absolute Gasteiger partial charge is 0.407 e. The van der Waals surface area contributed by atoms with E-state index in [4.69, 9.17) is 11.2 Å². The van der Waals surface area contributed by atoms with Crippen molar-refractivity contribution < 1.29 is 4.74 Å². The highest BCUT2D eigenvalue weighted by Gasteiger charge is 1.98. The van der Waals surface area contributed by atoms with Crippen molar-refractivity contribution in [3.05, 3.63) is 54.1 Å². The van der Waals surface area contributed by atoms with Crippen LogP contribution in [0.4, 0.5) is 0 Å². The Morgan fingerprint density at radius 3 is 1.91 bits per heavy atom. The number of rotatable bonds is 2. The predicted molar refractivity (Wildman–Crippen MR) is 89.4 cm³/mol. The molecule has 0 fully saturated rings. The van der Waals surface area contributed by atoms with Crippen molar-refractivity contribution in [1.82, 2.24) is 0 Å². The average molecular weight is 280 g/mol. The second kappa shape index (κ2) is 7.92. The monoisotopic (exact) mass is 280 g/mol. The third-order valence-corrected chi connectivity index (χ3v) is 2.78. The standard InChI is InChI=1S/C21H12O/c1-3-4-5-6-7-8-17-22-21-15-13-20(14-16-21)19-11-9-18(2)10-12-19/h1,9-16H,2H3. The van der Waals surface area contributed by atoms with Crippen LogP contribution in [0.15, 0.2) is 48.5 Å². The molecule has 22 heavy (non-hydrogen) atoms. The van der Waals surface area contributed by atoms with Crippen LogP contribution >= 0.6 is 0 Å². The minimum absolute atomic E-state index is 0.667. The molecule has 102 valence electrons. The number of terminal acetylenes is 1. The molecule has 0 unspecified atom stereocenters. The SMILES string of the molecule is C#CC#CC#CC#COc1ccc(-c2ccc(C)cc2)cc1. The summed E-state index contributed by atoms with van der Waals surface area (Å²) in [6.45, 7) is 2.07. The summed E-state index contributed by atoms with van der Waals surface area (Å²) in [4.78, 5) is 0. The highest BCUT2D eigenvalue weighted by atomic mass is 16.5. The lowest BCUT2D eigenvalue weighted by molar-refractivity contribution is 0.520. The molecule has 0 spiro atoms. The first-order valence-corrected chi connectivity index (χ1v) is 6.59. The van der Waals surface area contributed by atoms with Crippen LogP contribution in [-0.4, -0.2) is 0 Å². The van der Waals surface area contributed by atoms with Crippen molar-refractivity contribution in [2.45, 2.75) is 6.92 Å². The van der Waals surface area contributed by atoms with Crippen molar-refractivity contribution >= 4 is 0 Å². The van der Waals surface area contributed by atoms with Gasteiger partial charge < -0.3 is 4.74 Å². The second-order valence-electron chi connectivity index (χ2n) is 4.36. The molecule has 0 saturated carbocycles. The van der Waals surface area contributed by atoms with Gasteiger partial charge in [0, 0.05) is 17.8 Å². The van der Waals surface area contributed by atoms with Crippen LogP contribution in [-0.2, 0) is 0 Å². The Morgan fingerprint density at radius 1 is 0.727 bits per heavy atom. The van der Waals surface area contributed by atoms with Crippen molar-refractivity contribution in [3.8, 4) is 64.9 Å². The first-order valence-electron chi connectivity index (χ1n) is 6.59. The van der Waals surface area contributed by atoms with E-state index in [0.29, 0.717) is 5.75 Å². The van der Waals surface area contributed by atoms with Gasteiger partial charge in [0.25, 0.3) is 0 Å². The van der Waals surface area contributed by atoms with Gasteiger partial charge >= 0.3 is 0 Å². The highest BCUT2D eigenvalue weighted by Crippen LogP contribution is 2.22. The Kier molecular flexibility index (Phi) is 5.36. The van der Waals surface area contributed by atoms with Gasteiger partial charge in [0.05, 0.1) is 0 Å². The van der Waals surface area contributed by atoms with Gasteiger partial charge in [-0.25, -0.2) is 0 Å². The van der Waals surface area contributed by atoms with Crippen molar-refractivity contribution in [1.29, 1.82) is 0 Å². The third kappa shape index (κ3) is 4.54. The van der Waals surface area contributed by atoms with Crippen LogP contribution in [0.1, 0.15) is 5.56 Å². The van der Waals surface area contributed by atoms with Gasteiger partial charge in [0.1, 0.15) is 11.9 Å². The van der Waals surface area contributed by atoms with Gasteiger partial charge in [-0.1, -0.05) is 42.0 Å². The molecule has 0 atom stereocenters. The third-order valence-electron chi connectivity index (χ3n) is 2.78. The molecule has 0 aliphatic heterocycles. The Bertz CT molecular complexity index is 860. The lowest BCUT2D eigenvalue weighted by Gasteiger charge is -2.03. The molecule has 0 heterocycles. The fourth-order valence-electron chi connectivity index (χ4n) is 1.70. The Hall–Kier alpha value is -3.52. The quantitative estimate of drug-likeness (QED) is 0.763. The summed E-state index contributed by atoms with van der Waals surface area (Å²) in [5, 5.41) is 0. The molecule has 1 heteroatoms. The molecule has 0 aliphatic rings. The molecule has 2 aromatic carbocycles. The van der Waals surface area contributed by atoms with Crippen LogP contribution in [0, 0.1) is 55.0 Å². The summed E-state index contributed by atoms with van der Waals surface area (Å²) in [6, 6.07) is 16.1. The van der Waals surface area contributed by atoms with Gasteiger partial charge in [-0.2, -0.15) is 0 Å². The van der Waals surface area contributed by atoms with Gasteiger partial charge in [-0.05, 0) is 47.9 Å². The maximum Gasteiger partial charge on any atom is 0.140 e. The van der Waals surface area contributed by atoms with E-state index in [0.717, 1.165) is 5.56 Å². The minimum atomic E-state index is 0.667. The normalized spacial score (nSPS) is 8.00. The van der Waals surface area contributed by atoms with Crippen molar-refractivity contribution in [2.75, 3.05) is 0 Å². The molecule has 0 radical (unpaired) electrons. The number of hydrogen-bond donors (Lipinski definition) is 0. The first-order chi connectivity index (χ1) is 10.8. The van der Waals surface area contributed by atoms with Gasteiger partial charge in [-0.15, -0.1) is 6.42 Å². The van der Waals surface area contributed by atoms with E-state index in [-0.39, 0.29) is 0 Å². The Labute approximate surface area is 131 Å². The lowest BCUT2D eigenvalue weighted by atomic mass is 10.0. The summed E-state index contributed by atoms with van der Waals surface area (Å²) in [5.41, 5.74) is 3.54. The maximum atomic E-state index is 5.27. The fourth-order valence-corrected chi connectivity index (χ4v) is 1.70. The molecule has 0 N–H and O–H groups in total. The molecule has 0 saturated heterocycles. The molecular weight excluding hydrogens is 268 g/mol. The molecular formula is C21H12O. The molecule has 2 aromatic rings. The van der Waals surface area contributed by atoms with Crippen LogP contribution in [0.3, 0.4) is 0 Å². The van der Waals surface area contributed by atoms with Crippen molar-refractivity contribution in [3.63, 3.8) is 0 Å². The van der Waals surface area contributed by atoms with E-state index in [1.165, 1.54) is 11.1 Å². The Morgan fingerprint density at radius 2 is 1.27 bits per heavy atom. The first kappa shape index (κ1) is 14.9. The van der Waals surface area contributed by atoms with E-state index >= 15 is 0 Å². The summed E-state index contributed by atoms with van der Waals surface area (Å²) < 4.78 is 5.27. The highest BCUT2D eigenvalue weighted by molar-refractivity contribution is 5.64. The van der Waals surface area contributed by atoms with Gasteiger partial charge in [0.15, 0.2) is 0 Å². The Balaban J connectivity index is 2.00. The topological polar surface area (TPSA) is 9.23 Å². The number of ether oxygens (including phenoxy) is 1. The summed E-state index contributed by atoms with van der Waals surface area (Å²) in [5.74, 6) is 15.2. The molecule has 2 rings (SSSR count). The summed E-state index contributed by atoms with van der Waals surface area (Å²) in [7, 11) is 0. The number of aryl methyl sites for hydroxylation is 1. The van der Waals surface area contributed by atoms with Crippen LogP contribution in [0.25, 0.3) is 11.1 Å². The van der Waals surface area contributed by atoms with Gasteiger partial charge in [-0.3, -0.25) is 0 Å². The summed E-state index contributed by atoms with van der Waals surface area (Å²) in [6.07, 6.45) is 7.46. The average Bonchev–Trinajstić information content (AvgIpc) is 2.55. The van der Waals surface area contributed by atoms with Crippen LogP contribution < -0.4 is 4.74 Å². The van der Waals surface area contributed by atoms with Crippen molar-refractivity contribution in [2.24, 2.45) is 0 Å². The lowest BCUT2D eigenvalue weighted by Crippen LogP contribution is -1.83. The zero-order valence-corrected chi connectivity index (χ0v) is 12.1. The summed E-state index contributed by atoms with van der Waals surface area (Å²) >= 11 is 0. The molecule has 0 aromatic heterocycles. The van der Waals surface area contributed by atoms with E-state index in [2.05, 4.69) is 72.8 Å². The van der Waals surface area contributed by atoms with Crippen LogP contribution in [0.2, 0.25) is 0 Å². The maximum absolute atomic E-state index is 5.27. The molecule has 0 amide bonds. The van der Waals surface area contributed by atoms with Crippen LogP contribution in [0.5, 0.6) is 5.75 Å². The second-order valence-corrected chi connectivity index (χ2v) is 4.36. The molecule has 0 aliphatic carbocycles. The fraction of sp³-hybridized carbons (Fsp3) is 0.0476. The number of hydrogen-bond acceptors (Lipinski definition) is 1. The predicted octanol–water partition coefficient (Wildman–Crippen LogP) is 3.64. The zero-order chi connectivity index (χ0) is 15.6. The van der Waals surface area contributed by atoms with E-state index in [1.54, 1.807) is 0 Å². The van der Waals surface area contributed by atoms with Gasteiger partial charge in [0.2, 0.25) is 0 Å².